The lowest BCUT2D eigenvalue weighted by molar-refractivity contribution is 0.0696. The van der Waals surface area contributed by atoms with E-state index in [-0.39, 0.29) is 17.4 Å². The summed E-state index contributed by atoms with van der Waals surface area (Å²) in [5, 5.41) is 8.88. The Morgan fingerprint density at radius 3 is 2.75 bits per heavy atom. The maximum atomic E-state index is 12.0. The van der Waals surface area contributed by atoms with Crippen LogP contribution in [0.1, 0.15) is 29.3 Å². The van der Waals surface area contributed by atoms with Crippen LogP contribution in [0.3, 0.4) is 0 Å². The highest BCUT2D eigenvalue weighted by molar-refractivity contribution is 7.98. The van der Waals surface area contributed by atoms with Crippen molar-refractivity contribution < 1.29 is 18.3 Å². The van der Waals surface area contributed by atoms with Crippen molar-refractivity contribution in [3.05, 3.63) is 35.4 Å². The van der Waals surface area contributed by atoms with Crippen molar-refractivity contribution in [3.63, 3.8) is 0 Å². The Morgan fingerprint density at radius 2 is 2.15 bits per heavy atom. The van der Waals surface area contributed by atoms with E-state index in [9.17, 15) is 13.2 Å². The van der Waals surface area contributed by atoms with Crippen molar-refractivity contribution in [2.75, 3.05) is 12.0 Å². The molecule has 0 fully saturated rings. The minimum Gasteiger partial charge on any atom is -0.478 e. The van der Waals surface area contributed by atoms with E-state index < -0.39 is 16.0 Å². The fraction of sp³-hybridized carbons (Fsp3) is 0.462. The molecule has 1 atom stereocenters. The summed E-state index contributed by atoms with van der Waals surface area (Å²) >= 11 is 1.67. The largest absolute Gasteiger partial charge is 0.478 e. The summed E-state index contributed by atoms with van der Waals surface area (Å²) in [7, 11) is -3.46. The van der Waals surface area contributed by atoms with Crippen LogP contribution in [-0.4, -0.2) is 37.5 Å². The van der Waals surface area contributed by atoms with Crippen molar-refractivity contribution >= 4 is 27.8 Å². The highest BCUT2D eigenvalue weighted by Crippen LogP contribution is 2.10. The molecular weight excluding hydrogens is 298 g/mol. The van der Waals surface area contributed by atoms with Crippen LogP contribution in [0.15, 0.2) is 24.3 Å². The fourth-order valence-electron chi connectivity index (χ4n) is 1.72. The highest BCUT2D eigenvalue weighted by Gasteiger charge is 2.16. The van der Waals surface area contributed by atoms with Crippen molar-refractivity contribution in [1.29, 1.82) is 0 Å². The van der Waals surface area contributed by atoms with E-state index in [2.05, 4.69) is 4.72 Å². The first kappa shape index (κ1) is 17.0. The zero-order valence-corrected chi connectivity index (χ0v) is 13.1. The maximum Gasteiger partial charge on any atom is 0.335 e. The number of carboxylic acids is 1. The Balaban J connectivity index is 2.71. The predicted octanol–water partition coefficient (Wildman–Crippen LogP) is 1.95. The molecule has 0 bridgehead atoms. The standard InChI is InChI=1S/C13H19NO4S2/c1-10(6-7-19-2)14-20(17,18)9-11-4-3-5-12(8-11)13(15)16/h3-5,8,10,14H,6-7,9H2,1-2H3,(H,15,16). The highest BCUT2D eigenvalue weighted by atomic mass is 32.2. The average molecular weight is 317 g/mol. The van der Waals surface area contributed by atoms with Crippen molar-refractivity contribution in [3.8, 4) is 0 Å². The van der Waals surface area contributed by atoms with Gasteiger partial charge in [-0.3, -0.25) is 0 Å². The lowest BCUT2D eigenvalue weighted by Gasteiger charge is -2.13. The molecule has 7 heteroatoms. The smallest absolute Gasteiger partial charge is 0.335 e. The van der Waals surface area contributed by atoms with Gasteiger partial charge in [0.15, 0.2) is 0 Å². The van der Waals surface area contributed by atoms with E-state index in [1.165, 1.54) is 12.1 Å². The molecule has 1 aromatic rings. The Kier molecular flexibility index (Phi) is 6.51. The number of carbonyl (C=O) groups is 1. The third kappa shape index (κ3) is 5.94. The van der Waals surface area contributed by atoms with Crippen LogP contribution < -0.4 is 4.72 Å². The van der Waals surface area contributed by atoms with Crippen LogP contribution >= 0.6 is 11.8 Å². The van der Waals surface area contributed by atoms with E-state index >= 15 is 0 Å². The van der Waals surface area contributed by atoms with Gasteiger partial charge in [-0.25, -0.2) is 17.9 Å². The molecule has 0 amide bonds. The molecule has 0 aliphatic carbocycles. The molecule has 0 aromatic heterocycles. The summed E-state index contributed by atoms with van der Waals surface area (Å²) in [6.07, 6.45) is 2.73. The van der Waals surface area contributed by atoms with E-state index in [0.29, 0.717) is 5.56 Å². The van der Waals surface area contributed by atoms with Gasteiger partial charge in [0, 0.05) is 6.04 Å². The van der Waals surface area contributed by atoms with Gasteiger partial charge in [0.05, 0.1) is 11.3 Å². The van der Waals surface area contributed by atoms with E-state index in [0.717, 1.165) is 12.2 Å². The average Bonchev–Trinajstić information content (AvgIpc) is 2.35. The zero-order valence-electron chi connectivity index (χ0n) is 11.5. The number of hydrogen-bond acceptors (Lipinski definition) is 4. The molecule has 0 aliphatic heterocycles. The van der Waals surface area contributed by atoms with Crippen molar-refractivity contribution in [2.24, 2.45) is 0 Å². The topological polar surface area (TPSA) is 83.5 Å². The maximum absolute atomic E-state index is 12.0. The minimum atomic E-state index is -3.46. The second kappa shape index (κ2) is 7.66. The van der Waals surface area contributed by atoms with Crippen LogP contribution in [0.5, 0.6) is 0 Å². The van der Waals surface area contributed by atoms with Crippen LogP contribution in [0.2, 0.25) is 0 Å². The molecular formula is C13H19NO4S2. The second-order valence-corrected chi connectivity index (χ2v) is 7.30. The first-order chi connectivity index (χ1) is 9.34. The van der Waals surface area contributed by atoms with Gasteiger partial charge in [0.2, 0.25) is 10.0 Å². The van der Waals surface area contributed by atoms with Gasteiger partial charge in [0.1, 0.15) is 0 Å². The SMILES string of the molecule is CSCCC(C)NS(=O)(=O)Cc1cccc(C(=O)O)c1. The molecule has 0 spiro atoms. The van der Waals surface area contributed by atoms with Gasteiger partial charge in [-0.05, 0) is 43.0 Å². The molecule has 112 valence electrons. The third-order valence-electron chi connectivity index (χ3n) is 2.67. The fourth-order valence-corrected chi connectivity index (χ4v) is 3.74. The van der Waals surface area contributed by atoms with Gasteiger partial charge < -0.3 is 5.11 Å². The monoisotopic (exact) mass is 317 g/mol. The number of aromatic carboxylic acids is 1. The number of rotatable bonds is 8. The molecule has 0 radical (unpaired) electrons. The van der Waals surface area contributed by atoms with Gasteiger partial charge in [-0.15, -0.1) is 0 Å². The second-order valence-electron chi connectivity index (χ2n) is 4.56. The molecule has 0 aliphatic rings. The summed E-state index contributed by atoms with van der Waals surface area (Å²) in [5.74, 6) is -0.388. The summed E-state index contributed by atoms with van der Waals surface area (Å²) in [4.78, 5) is 10.8. The van der Waals surface area contributed by atoms with Crippen molar-refractivity contribution in [1.82, 2.24) is 4.72 Å². The molecule has 0 saturated carbocycles. The quantitative estimate of drug-likeness (QED) is 0.765. The third-order valence-corrected chi connectivity index (χ3v) is 4.79. The number of benzene rings is 1. The van der Waals surface area contributed by atoms with Gasteiger partial charge in [0.25, 0.3) is 0 Å². The van der Waals surface area contributed by atoms with Crippen LogP contribution in [0.25, 0.3) is 0 Å². The molecule has 0 saturated heterocycles. The molecule has 5 nitrogen and oxygen atoms in total. The minimum absolute atomic E-state index is 0.0909. The molecule has 0 heterocycles. The van der Waals surface area contributed by atoms with Crippen molar-refractivity contribution in [2.45, 2.75) is 25.1 Å². The van der Waals surface area contributed by atoms with Crippen LogP contribution in [0.4, 0.5) is 0 Å². The molecule has 1 aromatic carbocycles. The van der Waals surface area contributed by atoms with E-state index in [4.69, 9.17) is 5.11 Å². The summed E-state index contributed by atoms with van der Waals surface area (Å²) in [5.41, 5.74) is 0.558. The Morgan fingerprint density at radius 1 is 1.45 bits per heavy atom. The summed E-state index contributed by atoms with van der Waals surface area (Å²) in [6.45, 7) is 1.82. The number of nitrogens with one attached hydrogen (secondary N) is 1. The lowest BCUT2D eigenvalue weighted by Crippen LogP contribution is -2.33. The zero-order chi connectivity index (χ0) is 15.2. The summed E-state index contributed by atoms with van der Waals surface area (Å²) < 4.78 is 26.6. The Bertz CT molecular complexity index is 557. The van der Waals surface area contributed by atoms with Gasteiger partial charge in [-0.2, -0.15) is 11.8 Å². The normalized spacial score (nSPS) is 13.1. The van der Waals surface area contributed by atoms with Crippen LogP contribution in [0, 0.1) is 0 Å². The molecule has 1 rings (SSSR count). The summed E-state index contributed by atoms with van der Waals surface area (Å²) in [6, 6.07) is 5.85. The van der Waals surface area contributed by atoms with E-state index in [1.54, 1.807) is 23.9 Å². The lowest BCUT2D eigenvalue weighted by atomic mass is 10.1. The first-order valence-corrected chi connectivity index (χ1v) is 9.20. The number of sulfonamides is 1. The molecule has 20 heavy (non-hydrogen) atoms. The number of thioether (sulfide) groups is 1. The van der Waals surface area contributed by atoms with E-state index in [1.807, 2.05) is 13.2 Å². The van der Waals surface area contributed by atoms with Gasteiger partial charge >= 0.3 is 5.97 Å². The van der Waals surface area contributed by atoms with Gasteiger partial charge in [-0.1, -0.05) is 12.1 Å². The number of hydrogen-bond donors (Lipinski definition) is 2. The number of carboxylic acid groups (broad SMARTS) is 1. The first-order valence-electron chi connectivity index (χ1n) is 6.15. The Labute approximate surface area is 123 Å². The molecule has 1 unspecified atom stereocenters. The predicted molar refractivity (Wildman–Crippen MR) is 81.6 cm³/mol. The Hall–Kier alpha value is -1.05. The molecule has 2 N–H and O–H groups in total. The van der Waals surface area contributed by atoms with Crippen LogP contribution in [-0.2, 0) is 15.8 Å².